The first-order valence-electron chi connectivity index (χ1n) is 6.46. The van der Waals surface area contributed by atoms with Crippen LogP contribution in [0, 0.1) is 0 Å². The molecule has 4 heteroatoms. The average Bonchev–Trinajstić information content (AvgIpc) is 2.38. The minimum atomic E-state index is -0.848. The van der Waals surface area contributed by atoms with Gasteiger partial charge in [-0.05, 0) is 25.0 Å². The molecule has 1 N–H and O–H groups in total. The number of carbonyl (C=O) groups is 1. The molecule has 1 aliphatic carbocycles. The number of hydrogen-bond acceptors (Lipinski definition) is 4. The van der Waals surface area contributed by atoms with Gasteiger partial charge in [0, 0.05) is 6.20 Å². The quantitative estimate of drug-likeness (QED) is 0.831. The zero-order valence-electron chi connectivity index (χ0n) is 10.5. The van der Waals surface area contributed by atoms with Crippen molar-refractivity contribution in [1.29, 1.82) is 0 Å². The third-order valence-electron chi connectivity index (χ3n) is 3.36. The molecule has 0 unspecified atom stereocenters. The highest BCUT2D eigenvalue weighted by atomic mass is 16.5. The number of carbonyl (C=O) groups excluding carboxylic acids is 1. The number of nitrogens with zero attached hydrogens (tertiary/aromatic N) is 1. The maximum absolute atomic E-state index is 11.7. The van der Waals surface area contributed by atoms with Crippen LogP contribution in [0.25, 0.3) is 0 Å². The Morgan fingerprint density at radius 3 is 2.78 bits per heavy atom. The predicted molar refractivity (Wildman–Crippen MR) is 66.7 cm³/mol. The van der Waals surface area contributed by atoms with E-state index in [1.54, 1.807) is 6.20 Å². The molecule has 0 aromatic carbocycles. The Morgan fingerprint density at radius 2 is 2.11 bits per heavy atom. The van der Waals surface area contributed by atoms with E-state index in [2.05, 4.69) is 4.98 Å². The van der Waals surface area contributed by atoms with E-state index in [9.17, 15) is 9.90 Å². The predicted octanol–water partition coefficient (Wildman–Crippen LogP) is 2.21. The largest absolute Gasteiger partial charge is 0.459 e. The van der Waals surface area contributed by atoms with Gasteiger partial charge in [0.25, 0.3) is 0 Å². The first kappa shape index (κ1) is 13.0. The molecule has 0 radical (unpaired) electrons. The van der Waals surface area contributed by atoms with Gasteiger partial charge in [0.15, 0.2) is 0 Å². The topological polar surface area (TPSA) is 59.4 Å². The van der Waals surface area contributed by atoms with Crippen LogP contribution < -0.4 is 0 Å². The Hall–Kier alpha value is -1.42. The fraction of sp³-hybridized carbons (Fsp3) is 0.571. The van der Waals surface area contributed by atoms with Gasteiger partial charge in [0.1, 0.15) is 6.61 Å². The van der Waals surface area contributed by atoms with Crippen LogP contribution in [0.4, 0.5) is 0 Å². The van der Waals surface area contributed by atoms with E-state index in [1.807, 2.05) is 18.2 Å². The number of aromatic nitrogens is 1. The van der Waals surface area contributed by atoms with Crippen LogP contribution in [0.2, 0.25) is 0 Å². The van der Waals surface area contributed by atoms with E-state index in [0.717, 1.165) is 25.0 Å². The fourth-order valence-corrected chi connectivity index (χ4v) is 2.34. The summed E-state index contributed by atoms with van der Waals surface area (Å²) in [5, 5.41) is 10.2. The summed E-state index contributed by atoms with van der Waals surface area (Å²) in [7, 11) is 0. The van der Waals surface area contributed by atoms with Crippen molar-refractivity contribution in [3.05, 3.63) is 30.1 Å². The minimum Gasteiger partial charge on any atom is -0.459 e. The zero-order valence-corrected chi connectivity index (χ0v) is 10.5. The second kappa shape index (κ2) is 5.96. The molecule has 1 saturated carbocycles. The van der Waals surface area contributed by atoms with E-state index < -0.39 is 5.60 Å². The Kier molecular flexibility index (Phi) is 4.31. The third kappa shape index (κ3) is 3.81. The van der Waals surface area contributed by atoms with Crippen LogP contribution in [0.5, 0.6) is 0 Å². The maximum atomic E-state index is 11.7. The summed E-state index contributed by atoms with van der Waals surface area (Å²) in [6.45, 7) is 0.176. The molecule has 1 heterocycles. The first-order chi connectivity index (χ1) is 8.68. The number of aliphatic hydroxyl groups is 1. The summed E-state index contributed by atoms with van der Waals surface area (Å²) in [4.78, 5) is 15.8. The van der Waals surface area contributed by atoms with Crippen LogP contribution in [0.15, 0.2) is 24.4 Å². The molecule has 1 aromatic heterocycles. The lowest BCUT2D eigenvalue weighted by atomic mass is 9.82. The van der Waals surface area contributed by atoms with Gasteiger partial charge in [0.05, 0.1) is 17.7 Å². The Labute approximate surface area is 107 Å². The fourth-order valence-electron chi connectivity index (χ4n) is 2.34. The van der Waals surface area contributed by atoms with Crippen molar-refractivity contribution < 1.29 is 14.6 Å². The lowest BCUT2D eigenvalue weighted by Crippen LogP contribution is -2.34. The van der Waals surface area contributed by atoms with E-state index in [4.69, 9.17) is 4.74 Å². The van der Waals surface area contributed by atoms with Gasteiger partial charge in [-0.3, -0.25) is 9.78 Å². The number of hydrogen-bond donors (Lipinski definition) is 1. The van der Waals surface area contributed by atoms with E-state index in [0.29, 0.717) is 12.8 Å². The molecular formula is C14H19NO3. The van der Waals surface area contributed by atoms with Crippen molar-refractivity contribution in [2.45, 2.75) is 50.7 Å². The zero-order chi connectivity index (χ0) is 12.8. The lowest BCUT2D eigenvalue weighted by Gasteiger charge is -2.30. The van der Waals surface area contributed by atoms with Gasteiger partial charge >= 0.3 is 5.97 Å². The van der Waals surface area contributed by atoms with E-state index in [-0.39, 0.29) is 19.0 Å². The summed E-state index contributed by atoms with van der Waals surface area (Å²) in [6.07, 6.45) is 6.29. The molecule has 1 fully saturated rings. The molecule has 1 aliphatic rings. The van der Waals surface area contributed by atoms with Gasteiger partial charge < -0.3 is 9.84 Å². The Balaban J connectivity index is 1.78. The van der Waals surface area contributed by atoms with Crippen molar-refractivity contribution in [3.63, 3.8) is 0 Å². The molecule has 1 aromatic rings. The molecule has 0 aliphatic heterocycles. The minimum absolute atomic E-state index is 0.0971. The van der Waals surface area contributed by atoms with Crippen LogP contribution >= 0.6 is 0 Å². The summed E-state index contributed by atoms with van der Waals surface area (Å²) in [6, 6.07) is 5.48. The molecule has 0 spiro atoms. The summed E-state index contributed by atoms with van der Waals surface area (Å²) in [5.74, 6) is -0.343. The molecule has 0 amide bonds. The maximum Gasteiger partial charge on any atom is 0.309 e. The van der Waals surface area contributed by atoms with Gasteiger partial charge in [0.2, 0.25) is 0 Å². The molecule has 98 valence electrons. The standard InChI is InChI=1S/C14H19NO3/c16-13(10-14(17)7-3-1-4-8-14)18-11-12-6-2-5-9-15-12/h2,5-6,9,17H,1,3-4,7-8,10-11H2. The molecular weight excluding hydrogens is 230 g/mol. The van der Waals surface area contributed by atoms with Crippen LogP contribution in [-0.2, 0) is 16.1 Å². The van der Waals surface area contributed by atoms with Crippen LogP contribution in [0.1, 0.15) is 44.2 Å². The molecule has 18 heavy (non-hydrogen) atoms. The molecule has 4 nitrogen and oxygen atoms in total. The van der Waals surface area contributed by atoms with E-state index >= 15 is 0 Å². The van der Waals surface area contributed by atoms with Crippen LogP contribution in [0.3, 0.4) is 0 Å². The summed E-state index contributed by atoms with van der Waals surface area (Å²) >= 11 is 0. The van der Waals surface area contributed by atoms with Crippen LogP contribution in [-0.4, -0.2) is 21.7 Å². The molecule has 0 atom stereocenters. The highest BCUT2D eigenvalue weighted by Crippen LogP contribution is 2.31. The first-order valence-corrected chi connectivity index (χ1v) is 6.46. The van der Waals surface area contributed by atoms with Crippen molar-refractivity contribution in [2.24, 2.45) is 0 Å². The number of esters is 1. The number of rotatable bonds is 4. The molecule has 0 saturated heterocycles. The van der Waals surface area contributed by atoms with Gasteiger partial charge in [-0.2, -0.15) is 0 Å². The van der Waals surface area contributed by atoms with Crippen molar-refractivity contribution >= 4 is 5.97 Å². The normalized spacial score (nSPS) is 18.3. The van der Waals surface area contributed by atoms with Gasteiger partial charge in [-0.25, -0.2) is 0 Å². The highest BCUT2D eigenvalue weighted by molar-refractivity contribution is 5.70. The summed E-state index contributed by atoms with van der Waals surface area (Å²) < 4.78 is 5.13. The van der Waals surface area contributed by atoms with Crippen molar-refractivity contribution in [1.82, 2.24) is 4.98 Å². The van der Waals surface area contributed by atoms with E-state index in [1.165, 1.54) is 0 Å². The lowest BCUT2D eigenvalue weighted by molar-refractivity contribution is -0.152. The highest BCUT2D eigenvalue weighted by Gasteiger charge is 2.32. The Morgan fingerprint density at radius 1 is 1.33 bits per heavy atom. The second-order valence-corrected chi connectivity index (χ2v) is 4.94. The van der Waals surface area contributed by atoms with Crippen molar-refractivity contribution in [3.8, 4) is 0 Å². The smallest absolute Gasteiger partial charge is 0.309 e. The van der Waals surface area contributed by atoms with Crippen molar-refractivity contribution in [2.75, 3.05) is 0 Å². The monoisotopic (exact) mass is 249 g/mol. The third-order valence-corrected chi connectivity index (χ3v) is 3.36. The Bertz CT molecular complexity index is 385. The summed E-state index contributed by atoms with van der Waals surface area (Å²) in [5.41, 5.74) is -0.124. The average molecular weight is 249 g/mol. The second-order valence-electron chi connectivity index (χ2n) is 4.94. The number of ether oxygens (including phenoxy) is 1. The number of pyridine rings is 1. The van der Waals surface area contributed by atoms with Gasteiger partial charge in [-0.15, -0.1) is 0 Å². The molecule has 0 bridgehead atoms. The SMILES string of the molecule is O=C(CC1(O)CCCCC1)OCc1ccccn1. The van der Waals surface area contributed by atoms with Gasteiger partial charge in [-0.1, -0.05) is 25.3 Å². The molecule has 2 rings (SSSR count).